The molecule has 0 aliphatic heterocycles. The molecular weight excluding hydrogens is 130 g/mol. The summed E-state index contributed by atoms with van der Waals surface area (Å²) < 4.78 is 0. The van der Waals surface area contributed by atoms with E-state index >= 15 is 0 Å². The van der Waals surface area contributed by atoms with E-state index in [4.69, 9.17) is 5.21 Å². The molecular formula is C6H13NOSi. The van der Waals surface area contributed by atoms with Crippen LogP contribution in [0.2, 0.25) is 19.6 Å². The minimum atomic E-state index is -1.21. The highest BCUT2D eigenvalue weighted by molar-refractivity contribution is 6.83. The van der Waals surface area contributed by atoms with Crippen molar-refractivity contribution in [2.45, 2.75) is 19.6 Å². The van der Waals surface area contributed by atoms with Crippen molar-refractivity contribution in [3.63, 3.8) is 0 Å². The monoisotopic (exact) mass is 143 g/mol. The van der Waals surface area contributed by atoms with Gasteiger partial charge in [0.15, 0.2) is 0 Å². The third-order valence-corrected chi connectivity index (χ3v) is 1.56. The van der Waals surface area contributed by atoms with Crippen molar-refractivity contribution in [1.29, 1.82) is 0 Å². The van der Waals surface area contributed by atoms with Gasteiger partial charge in [-0.2, -0.15) is 5.48 Å². The van der Waals surface area contributed by atoms with Gasteiger partial charge in [0.25, 0.3) is 0 Å². The highest BCUT2D eigenvalue weighted by Crippen LogP contribution is 1.95. The fourth-order valence-electron chi connectivity index (χ4n) is 0.349. The molecule has 0 fully saturated rings. The van der Waals surface area contributed by atoms with Crippen LogP contribution in [0.1, 0.15) is 0 Å². The van der Waals surface area contributed by atoms with E-state index in [1.165, 1.54) is 0 Å². The summed E-state index contributed by atoms with van der Waals surface area (Å²) in [5.74, 6) is 2.83. The molecule has 0 radical (unpaired) electrons. The number of hydrogen-bond donors (Lipinski definition) is 2. The highest BCUT2D eigenvalue weighted by Gasteiger charge is 2.06. The van der Waals surface area contributed by atoms with Crippen LogP contribution in [0, 0.1) is 11.5 Å². The predicted octanol–water partition coefficient (Wildman–Crippen LogP) is 0.846. The molecule has 0 aromatic heterocycles. The van der Waals surface area contributed by atoms with Gasteiger partial charge in [-0.3, -0.25) is 0 Å². The first-order chi connectivity index (χ1) is 4.06. The molecule has 0 spiro atoms. The van der Waals surface area contributed by atoms with Gasteiger partial charge in [-0.25, -0.2) is 0 Å². The average molecular weight is 143 g/mol. The zero-order valence-electron chi connectivity index (χ0n) is 6.15. The van der Waals surface area contributed by atoms with E-state index in [0.717, 1.165) is 0 Å². The van der Waals surface area contributed by atoms with Crippen LogP contribution < -0.4 is 5.48 Å². The van der Waals surface area contributed by atoms with E-state index in [1.54, 1.807) is 0 Å². The first-order valence-electron chi connectivity index (χ1n) is 2.93. The Morgan fingerprint density at radius 1 is 1.44 bits per heavy atom. The van der Waals surface area contributed by atoms with Crippen molar-refractivity contribution in [3.05, 3.63) is 0 Å². The van der Waals surface area contributed by atoms with E-state index in [2.05, 4.69) is 31.1 Å². The van der Waals surface area contributed by atoms with E-state index in [0.29, 0.717) is 6.54 Å². The third kappa shape index (κ3) is 7.70. The lowest BCUT2D eigenvalue weighted by Gasteiger charge is -2.02. The van der Waals surface area contributed by atoms with Crippen LogP contribution in [-0.2, 0) is 0 Å². The first-order valence-corrected chi connectivity index (χ1v) is 6.43. The molecule has 0 amide bonds. The molecule has 0 heterocycles. The molecule has 0 bridgehead atoms. The molecule has 0 aromatic rings. The maximum atomic E-state index is 8.13. The molecule has 3 heteroatoms. The summed E-state index contributed by atoms with van der Waals surface area (Å²) in [6.07, 6.45) is 0. The summed E-state index contributed by atoms with van der Waals surface area (Å²) in [6.45, 7) is 6.87. The second-order valence-electron chi connectivity index (χ2n) is 2.89. The van der Waals surface area contributed by atoms with Gasteiger partial charge in [0.1, 0.15) is 8.07 Å². The van der Waals surface area contributed by atoms with E-state index in [1.807, 2.05) is 5.48 Å². The van der Waals surface area contributed by atoms with E-state index < -0.39 is 8.07 Å². The van der Waals surface area contributed by atoms with Crippen LogP contribution in [0.15, 0.2) is 0 Å². The van der Waals surface area contributed by atoms with Gasteiger partial charge in [-0.05, 0) is 0 Å². The Balaban J connectivity index is 3.59. The summed E-state index contributed by atoms with van der Waals surface area (Å²) in [5.41, 5.74) is 5.08. The minimum absolute atomic E-state index is 0.379. The summed E-state index contributed by atoms with van der Waals surface area (Å²) in [7, 11) is -1.21. The summed E-state index contributed by atoms with van der Waals surface area (Å²) in [4.78, 5) is 0. The topological polar surface area (TPSA) is 32.3 Å². The summed E-state index contributed by atoms with van der Waals surface area (Å²) in [5, 5.41) is 8.13. The summed E-state index contributed by atoms with van der Waals surface area (Å²) >= 11 is 0. The molecule has 0 rings (SSSR count). The van der Waals surface area contributed by atoms with Crippen molar-refractivity contribution in [2.24, 2.45) is 0 Å². The fraction of sp³-hybridized carbons (Fsp3) is 0.667. The number of hydroxylamine groups is 1. The Morgan fingerprint density at radius 3 is 2.33 bits per heavy atom. The normalized spacial score (nSPS) is 10.2. The largest absolute Gasteiger partial charge is 0.316 e. The second kappa shape index (κ2) is 3.67. The third-order valence-electron chi connectivity index (χ3n) is 0.631. The first kappa shape index (κ1) is 8.70. The Bertz CT molecular complexity index is 128. The number of hydrogen-bond acceptors (Lipinski definition) is 2. The fourth-order valence-corrected chi connectivity index (χ4v) is 0.968. The molecule has 0 saturated heterocycles. The van der Waals surface area contributed by atoms with Gasteiger partial charge in [0.2, 0.25) is 0 Å². The molecule has 2 nitrogen and oxygen atoms in total. The van der Waals surface area contributed by atoms with Crippen LogP contribution >= 0.6 is 0 Å². The summed E-state index contributed by atoms with van der Waals surface area (Å²) in [6, 6.07) is 0. The molecule has 0 saturated carbocycles. The Hall–Kier alpha value is -0.303. The van der Waals surface area contributed by atoms with Gasteiger partial charge in [-0.15, -0.1) is 5.54 Å². The van der Waals surface area contributed by atoms with Crippen LogP contribution in [0.3, 0.4) is 0 Å². The zero-order chi connectivity index (χ0) is 7.33. The van der Waals surface area contributed by atoms with Crippen LogP contribution in [0.5, 0.6) is 0 Å². The average Bonchev–Trinajstić information content (AvgIpc) is 1.63. The SMILES string of the molecule is C[Si](C)(C)C#CCNO. The lowest BCUT2D eigenvalue weighted by molar-refractivity contribution is 0.182. The lowest BCUT2D eigenvalue weighted by Crippen LogP contribution is -2.17. The molecule has 0 aliphatic rings. The van der Waals surface area contributed by atoms with Crippen molar-refractivity contribution in [1.82, 2.24) is 5.48 Å². The molecule has 9 heavy (non-hydrogen) atoms. The van der Waals surface area contributed by atoms with Gasteiger partial charge >= 0.3 is 0 Å². The Morgan fingerprint density at radius 2 is 2.00 bits per heavy atom. The van der Waals surface area contributed by atoms with Gasteiger partial charge in [-0.1, -0.05) is 25.6 Å². The molecule has 0 unspecified atom stereocenters. The highest BCUT2D eigenvalue weighted by atomic mass is 28.3. The predicted molar refractivity (Wildman–Crippen MR) is 40.9 cm³/mol. The van der Waals surface area contributed by atoms with Crippen molar-refractivity contribution >= 4 is 8.07 Å². The maximum Gasteiger partial charge on any atom is 0.129 e. The molecule has 0 aliphatic carbocycles. The van der Waals surface area contributed by atoms with Crippen molar-refractivity contribution in [2.75, 3.05) is 6.54 Å². The minimum Gasteiger partial charge on any atom is -0.316 e. The van der Waals surface area contributed by atoms with Crippen molar-refractivity contribution in [3.8, 4) is 11.5 Å². The smallest absolute Gasteiger partial charge is 0.129 e. The maximum absolute atomic E-state index is 8.13. The molecule has 2 N–H and O–H groups in total. The van der Waals surface area contributed by atoms with Gasteiger partial charge < -0.3 is 5.21 Å². The van der Waals surface area contributed by atoms with Crippen LogP contribution in [-0.4, -0.2) is 19.8 Å². The number of rotatable bonds is 1. The molecule has 0 atom stereocenters. The Kier molecular flexibility index (Phi) is 3.55. The zero-order valence-corrected chi connectivity index (χ0v) is 7.15. The molecule has 0 aromatic carbocycles. The van der Waals surface area contributed by atoms with E-state index in [9.17, 15) is 0 Å². The standard InChI is InChI=1S/C6H13NOSi/c1-9(2,3)6-4-5-7-8/h7-8H,5H2,1-3H3. The molecule has 52 valence electrons. The van der Waals surface area contributed by atoms with Gasteiger partial charge in [0.05, 0.1) is 6.54 Å². The number of nitrogens with one attached hydrogen (secondary N) is 1. The van der Waals surface area contributed by atoms with Crippen molar-refractivity contribution < 1.29 is 5.21 Å². The van der Waals surface area contributed by atoms with E-state index in [-0.39, 0.29) is 0 Å². The lowest BCUT2D eigenvalue weighted by atomic mass is 10.7. The van der Waals surface area contributed by atoms with Crippen LogP contribution in [0.4, 0.5) is 0 Å². The van der Waals surface area contributed by atoms with Gasteiger partial charge in [0, 0.05) is 0 Å². The van der Waals surface area contributed by atoms with Crippen LogP contribution in [0.25, 0.3) is 0 Å². The second-order valence-corrected chi connectivity index (χ2v) is 7.64. The Labute approximate surface area is 57.2 Å². The quantitative estimate of drug-likeness (QED) is 0.324.